The van der Waals surface area contributed by atoms with Gasteiger partial charge in [0.1, 0.15) is 11.6 Å². The summed E-state index contributed by atoms with van der Waals surface area (Å²) in [6.07, 6.45) is 2.73. The Morgan fingerprint density at radius 2 is 1.79 bits per heavy atom. The van der Waals surface area contributed by atoms with Gasteiger partial charge in [0.25, 0.3) is 0 Å². The Morgan fingerprint density at radius 1 is 1.17 bits per heavy atom. The lowest BCUT2D eigenvalue weighted by Crippen LogP contribution is -2.51. The summed E-state index contributed by atoms with van der Waals surface area (Å²) < 4.78 is 5.48. The van der Waals surface area contributed by atoms with Crippen LogP contribution < -0.4 is 5.73 Å². The lowest BCUT2D eigenvalue weighted by molar-refractivity contribution is -0.123. The minimum Gasteiger partial charge on any atom is -0.444 e. The first-order valence-corrected chi connectivity index (χ1v) is 8.57. The van der Waals surface area contributed by atoms with Gasteiger partial charge in [0, 0.05) is 13.0 Å². The highest BCUT2D eigenvalue weighted by atomic mass is 16.6. The van der Waals surface area contributed by atoms with Gasteiger partial charge in [-0.15, -0.1) is 0 Å². The Morgan fingerprint density at radius 3 is 2.29 bits per heavy atom. The molecule has 0 aliphatic carbocycles. The fourth-order valence-electron chi connectivity index (χ4n) is 2.43. The number of ether oxygens (including phenoxy) is 1. The second-order valence-electron chi connectivity index (χ2n) is 6.99. The zero-order valence-corrected chi connectivity index (χ0v) is 15.2. The zero-order chi connectivity index (χ0) is 18.2. The predicted octanol–water partition coefficient (Wildman–Crippen LogP) is 3.51. The zero-order valence-electron chi connectivity index (χ0n) is 15.2. The first-order chi connectivity index (χ1) is 11.2. The molecule has 0 saturated heterocycles. The third-order valence-corrected chi connectivity index (χ3v) is 3.61. The normalized spacial score (nSPS) is 12.5. The lowest BCUT2D eigenvalue weighted by atomic mass is 10.0. The fraction of sp³-hybridized carbons (Fsp3) is 0.579. The summed E-state index contributed by atoms with van der Waals surface area (Å²) in [5, 5.41) is 0. The number of primary amides is 1. The molecule has 0 aromatic heterocycles. The van der Waals surface area contributed by atoms with Crippen molar-refractivity contribution in [3.8, 4) is 0 Å². The van der Waals surface area contributed by atoms with E-state index in [1.54, 1.807) is 0 Å². The molecule has 0 unspecified atom stereocenters. The Kier molecular flexibility index (Phi) is 7.75. The van der Waals surface area contributed by atoms with Crippen LogP contribution in [0.2, 0.25) is 0 Å². The summed E-state index contributed by atoms with van der Waals surface area (Å²) in [5.74, 6) is -0.513. The molecule has 1 aromatic carbocycles. The standard InChI is InChI=1S/C19H30N2O3/c1-5-6-10-13-21(18(23)24-19(2,3)4)16(17(20)22)14-15-11-8-7-9-12-15/h7-9,11-12,16H,5-6,10,13-14H2,1-4H3,(H2,20,22)/t16-/m0/s1. The molecule has 0 bridgehead atoms. The summed E-state index contributed by atoms with van der Waals surface area (Å²) in [6.45, 7) is 7.99. The van der Waals surface area contributed by atoms with Gasteiger partial charge in [0.15, 0.2) is 0 Å². The highest BCUT2D eigenvalue weighted by Gasteiger charge is 2.31. The van der Waals surface area contributed by atoms with Crippen LogP contribution in [0.5, 0.6) is 0 Å². The predicted molar refractivity (Wildman–Crippen MR) is 95.6 cm³/mol. The number of unbranched alkanes of at least 4 members (excludes halogenated alkanes) is 2. The average molecular weight is 334 g/mol. The molecule has 0 aliphatic rings. The second-order valence-corrected chi connectivity index (χ2v) is 6.99. The molecular weight excluding hydrogens is 304 g/mol. The molecule has 1 rings (SSSR count). The number of carbonyl (C=O) groups excluding carboxylic acids is 2. The van der Waals surface area contributed by atoms with Gasteiger partial charge in [-0.3, -0.25) is 9.69 Å². The average Bonchev–Trinajstić information content (AvgIpc) is 2.49. The van der Waals surface area contributed by atoms with Gasteiger partial charge >= 0.3 is 6.09 Å². The van der Waals surface area contributed by atoms with Crippen LogP contribution in [0.25, 0.3) is 0 Å². The van der Waals surface area contributed by atoms with E-state index in [1.165, 1.54) is 4.90 Å². The van der Waals surface area contributed by atoms with E-state index in [-0.39, 0.29) is 0 Å². The molecule has 1 aromatic rings. The molecule has 0 aliphatic heterocycles. The molecule has 0 fully saturated rings. The number of carbonyl (C=O) groups is 2. The fourth-order valence-corrected chi connectivity index (χ4v) is 2.43. The monoisotopic (exact) mass is 334 g/mol. The van der Waals surface area contributed by atoms with E-state index in [2.05, 4.69) is 6.92 Å². The van der Waals surface area contributed by atoms with Crippen molar-refractivity contribution < 1.29 is 14.3 Å². The number of benzene rings is 1. The van der Waals surface area contributed by atoms with Crippen LogP contribution in [-0.2, 0) is 16.0 Å². The Hall–Kier alpha value is -2.04. The van der Waals surface area contributed by atoms with Crippen LogP contribution in [0.3, 0.4) is 0 Å². The smallest absolute Gasteiger partial charge is 0.410 e. The van der Waals surface area contributed by atoms with Crippen molar-refractivity contribution in [1.82, 2.24) is 4.90 Å². The molecule has 0 saturated carbocycles. The van der Waals surface area contributed by atoms with Gasteiger partial charge in [-0.25, -0.2) is 4.79 Å². The van der Waals surface area contributed by atoms with Crippen molar-refractivity contribution in [2.45, 2.75) is 65.0 Å². The van der Waals surface area contributed by atoms with Gasteiger partial charge < -0.3 is 10.5 Å². The number of nitrogens with two attached hydrogens (primary N) is 1. The lowest BCUT2D eigenvalue weighted by Gasteiger charge is -2.32. The first kappa shape index (κ1) is 20.0. The SMILES string of the molecule is CCCCCN(C(=O)OC(C)(C)C)[C@@H](Cc1ccccc1)C(N)=O. The second kappa shape index (κ2) is 9.30. The highest BCUT2D eigenvalue weighted by Crippen LogP contribution is 2.16. The third kappa shape index (κ3) is 7.02. The van der Waals surface area contributed by atoms with Crippen LogP contribution >= 0.6 is 0 Å². The maximum atomic E-state index is 12.6. The van der Waals surface area contributed by atoms with E-state index in [1.807, 2.05) is 51.1 Å². The number of nitrogens with zero attached hydrogens (tertiary/aromatic N) is 1. The quantitative estimate of drug-likeness (QED) is 0.739. The summed E-state index contributed by atoms with van der Waals surface area (Å²) in [5.41, 5.74) is 5.95. The van der Waals surface area contributed by atoms with Crippen LogP contribution in [0.15, 0.2) is 30.3 Å². The van der Waals surface area contributed by atoms with Gasteiger partial charge in [-0.05, 0) is 32.8 Å². The number of hydrogen-bond acceptors (Lipinski definition) is 3. The molecule has 5 heteroatoms. The third-order valence-electron chi connectivity index (χ3n) is 3.61. The van der Waals surface area contributed by atoms with Crippen molar-refractivity contribution in [3.63, 3.8) is 0 Å². The summed E-state index contributed by atoms with van der Waals surface area (Å²) in [4.78, 5) is 26.1. The van der Waals surface area contributed by atoms with Crippen molar-refractivity contribution in [2.24, 2.45) is 5.73 Å². The summed E-state index contributed by atoms with van der Waals surface area (Å²) in [6, 6.07) is 8.86. The van der Waals surface area contributed by atoms with E-state index < -0.39 is 23.6 Å². The van der Waals surface area contributed by atoms with Gasteiger partial charge in [0.05, 0.1) is 0 Å². The molecule has 1 atom stereocenters. The van der Waals surface area contributed by atoms with Crippen LogP contribution in [-0.4, -0.2) is 35.1 Å². The van der Waals surface area contributed by atoms with Crippen molar-refractivity contribution >= 4 is 12.0 Å². The van der Waals surface area contributed by atoms with E-state index in [9.17, 15) is 9.59 Å². The maximum absolute atomic E-state index is 12.6. The van der Waals surface area contributed by atoms with Crippen LogP contribution in [0.1, 0.15) is 52.5 Å². The van der Waals surface area contributed by atoms with Crippen molar-refractivity contribution in [2.75, 3.05) is 6.54 Å². The van der Waals surface area contributed by atoms with E-state index in [0.717, 1.165) is 24.8 Å². The number of hydrogen-bond donors (Lipinski definition) is 1. The molecular formula is C19H30N2O3. The molecule has 134 valence electrons. The highest BCUT2D eigenvalue weighted by molar-refractivity contribution is 5.84. The minimum atomic E-state index is -0.709. The maximum Gasteiger partial charge on any atom is 0.410 e. The van der Waals surface area contributed by atoms with Crippen molar-refractivity contribution in [1.29, 1.82) is 0 Å². The van der Waals surface area contributed by atoms with Gasteiger partial charge in [-0.2, -0.15) is 0 Å². The molecule has 0 spiro atoms. The topological polar surface area (TPSA) is 72.6 Å². The molecule has 2 amide bonds. The van der Waals surface area contributed by atoms with Crippen LogP contribution in [0, 0.1) is 0 Å². The molecule has 24 heavy (non-hydrogen) atoms. The van der Waals surface area contributed by atoms with E-state index in [4.69, 9.17) is 10.5 Å². The van der Waals surface area contributed by atoms with Gasteiger partial charge in [-0.1, -0.05) is 50.1 Å². The molecule has 5 nitrogen and oxygen atoms in total. The first-order valence-electron chi connectivity index (χ1n) is 8.57. The molecule has 0 heterocycles. The minimum absolute atomic E-state index is 0.390. The largest absolute Gasteiger partial charge is 0.444 e. The van der Waals surface area contributed by atoms with Gasteiger partial charge in [0.2, 0.25) is 5.91 Å². The molecule has 0 radical (unpaired) electrons. The summed E-state index contributed by atoms with van der Waals surface area (Å²) in [7, 11) is 0. The number of rotatable bonds is 8. The Bertz CT molecular complexity index is 523. The van der Waals surface area contributed by atoms with Crippen LogP contribution in [0.4, 0.5) is 4.79 Å². The Labute approximate surface area is 145 Å². The van der Waals surface area contributed by atoms with E-state index >= 15 is 0 Å². The van der Waals surface area contributed by atoms with Crippen molar-refractivity contribution in [3.05, 3.63) is 35.9 Å². The Balaban J connectivity index is 2.97. The summed E-state index contributed by atoms with van der Waals surface area (Å²) >= 11 is 0. The molecule has 2 N–H and O–H groups in total. The number of amides is 2. The van der Waals surface area contributed by atoms with E-state index in [0.29, 0.717) is 13.0 Å².